The number of ether oxygens (including phenoxy) is 3. The monoisotopic (exact) mass is 493 g/mol. The first-order valence-corrected chi connectivity index (χ1v) is 11.3. The first-order chi connectivity index (χ1) is 16.8. The van der Waals surface area contributed by atoms with E-state index in [1.165, 1.54) is 0 Å². The van der Waals surface area contributed by atoms with Crippen molar-refractivity contribution >= 4 is 34.8 Å². The highest BCUT2D eigenvalue weighted by Gasteiger charge is 2.18. The number of aryl methyl sites for hydroxylation is 1. The normalized spacial score (nSPS) is 13.2. The minimum atomic E-state index is -0.769. The van der Waals surface area contributed by atoms with Gasteiger partial charge in [0.15, 0.2) is 17.6 Å². The molecule has 3 aromatic carbocycles. The van der Waals surface area contributed by atoms with Crippen molar-refractivity contribution in [2.24, 2.45) is 5.10 Å². The SMILES string of the molecule is CC(=NNC(=O)c1ccc2c(c1)OCO2)c1cccc(NC(=O)C(C)Oc2ccc(C)cc2Cl)c1. The number of hydrogen-bond donors (Lipinski definition) is 2. The van der Waals surface area contributed by atoms with E-state index in [0.717, 1.165) is 11.1 Å². The quantitative estimate of drug-likeness (QED) is 0.359. The molecule has 4 rings (SSSR count). The van der Waals surface area contributed by atoms with Crippen LogP contribution in [0.1, 0.15) is 35.3 Å². The molecule has 9 heteroatoms. The second kappa shape index (κ2) is 10.5. The molecule has 3 aromatic rings. The Labute approximate surface area is 207 Å². The number of carbonyl (C=O) groups excluding carboxylic acids is 2. The van der Waals surface area contributed by atoms with Crippen LogP contribution in [0.15, 0.2) is 65.8 Å². The van der Waals surface area contributed by atoms with Gasteiger partial charge in [0.1, 0.15) is 5.75 Å². The van der Waals surface area contributed by atoms with Crippen LogP contribution in [0.25, 0.3) is 0 Å². The number of halogens is 1. The summed E-state index contributed by atoms with van der Waals surface area (Å²) < 4.78 is 16.3. The van der Waals surface area contributed by atoms with Gasteiger partial charge in [0.05, 0.1) is 10.7 Å². The highest BCUT2D eigenvalue weighted by atomic mass is 35.5. The van der Waals surface area contributed by atoms with Crippen LogP contribution in [0.5, 0.6) is 17.2 Å². The van der Waals surface area contributed by atoms with Gasteiger partial charge < -0.3 is 19.5 Å². The average Bonchev–Trinajstić information content (AvgIpc) is 3.32. The van der Waals surface area contributed by atoms with Crippen LogP contribution >= 0.6 is 11.6 Å². The number of nitrogens with zero attached hydrogens (tertiary/aromatic N) is 1. The molecule has 2 amide bonds. The van der Waals surface area contributed by atoms with Gasteiger partial charge in [0.25, 0.3) is 11.8 Å². The molecule has 2 N–H and O–H groups in total. The molecular formula is C26H24ClN3O5. The molecule has 0 saturated heterocycles. The summed E-state index contributed by atoms with van der Waals surface area (Å²) in [5, 5.41) is 7.46. The highest BCUT2D eigenvalue weighted by Crippen LogP contribution is 2.32. The Morgan fingerprint density at radius 2 is 1.83 bits per heavy atom. The summed E-state index contributed by atoms with van der Waals surface area (Å²) in [5.74, 6) is 0.846. The third kappa shape index (κ3) is 5.91. The summed E-state index contributed by atoms with van der Waals surface area (Å²) >= 11 is 6.20. The number of anilines is 1. The number of amides is 2. The molecule has 1 heterocycles. The summed E-state index contributed by atoms with van der Waals surface area (Å²) in [6.45, 7) is 5.46. The Morgan fingerprint density at radius 3 is 2.63 bits per heavy atom. The molecule has 35 heavy (non-hydrogen) atoms. The van der Waals surface area contributed by atoms with Gasteiger partial charge in [0.2, 0.25) is 6.79 Å². The lowest BCUT2D eigenvalue weighted by Gasteiger charge is -2.16. The second-order valence-electron chi connectivity index (χ2n) is 7.97. The molecule has 180 valence electrons. The van der Waals surface area contributed by atoms with Crippen molar-refractivity contribution in [1.82, 2.24) is 5.43 Å². The zero-order chi connectivity index (χ0) is 24.9. The van der Waals surface area contributed by atoms with Gasteiger partial charge in [-0.05, 0) is 74.4 Å². The minimum absolute atomic E-state index is 0.134. The molecule has 0 radical (unpaired) electrons. The van der Waals surface area contributed by atoms with Gasteiger partial charge in [0, 0.05) is 11.3 Å². The Balaban J connectivity index is 1.38. The molecule has 0 bridgehead atoms. The minimum Gasteiger partial charge on any atom is -0.479 e. The number of fused-ring (bicyclic) bond motifs is 1. The summed E-state index contributed by atoms with van der Waals surface area (Å²) in [7, 11) is 0. The standard InChI is InChI=1S/C26H24ClN3O5/c1-15-7-9-22(21(27)11-15)35-17(3)25(31)28-20-6-4-5-18(12-20)16(2)29-30-26(32)19-8-10-23-24(13-19)34-14-33-23/h4-13,17H,14H2,1-3H3,(H,28,31)(H,30,32). The molecule has 0 aromatic heterocycles. The maximum absolute atomic E-state index is 12.6. The predicted octanol–water partition coefficient (Wildman–Crippen LogP) is 4.94. The third-order valence-electron chi connectivity index (χ3n) is 5.27. The molecule has 1 aliphatic rings. The van der Waals surface area contributed by atoms with Crippen molar-refractivity contribution in [3.8, 4) is 17.2 Å². The van der Waals surface area contributed by atoms with E-state index in [-0.39, 0.29) is 18.6 Å². The molecule has 8 nitrogen and oxygen atoms in total. The summed E-state index contributed by atoms with van der Waals surface area (Å²) in [6.07, 6.45) is -0.769. The maximum Gasteiger partial charge on any atom is 0.271 e. The van der Waals surface area contributed by atoms with Crippen molar-refractivity contribution in [3.05, 3.63) is 82.4 Å². The van der Waals surface area contributed by atoms with E-state index >= 15 is 0 Å². The first-order valence-electron chi connectivity index (χ1n) is 10.9. The summed E-state index contributed by atoms with van der Waals surface area (Å²) in [6, 6.07) is 17.4. The first kappa shape index (κ1) is 24.1. The summed E-state index contributed by atoms with van der Waals surface area (Å²) in [5.41, 5.74) is 5.79. The van der Waals surface area contributed by atoms with Crippen molar-refractivity contribution in [2.75, 3.05) is 12.1 Å². The smallest absolute Gasteiger partial charge is 0.271 e. The van der Waals surface area contributed by atoms with Crippen LogP contribution in [-0.4, -0.2) is 30.4 Å². The van der Waals surface area contributed by atoms with E-state index in [1.54, 1.807) is 62.4 Å². The van der Waals surface area contributed by atoms with Gasteiger partial charge in [-0.15, -0.1) is 0 Å². The Morgan fingerprint density at radius 1 is 1.03 bits per heavy atom. The number of hydrazone groups is 1. The van der Waals surface area contributed by atoms with Crippen LogP contribution in [-0.2, 0) is 4.79 Å². The van der Waals surface area contributed by atoms with Crippen molar-refractivity contribution in [1.29, 1.82) is 0 Å². The van der Waals surface area contributed by atoms with Crippen LogP contribution in [0.3, 0.4) is 0 Å². The Hall–Kier alpha value is -4.04. The van der Waals surface area contributed by atoms with Crippen LogP contribution in [0.2, 0.25) is 5.02 Å². The fourth-order valence-electron chi connectivity index (χ4n) is 3.31. The second-order valence-corrected chi connectivity index (χ2v) is 8.38. The summed E-state index contributed by atoms with van der Waals surface area (Å²) in [4.78, 5) is 25.1. The maximum atomic E-state index is 12.6. The lowest BCUT2D eigenvalue weighted by atomic mass is 10.1. The van der Waals surface area contributed by atoms with Crippen LogP contribution in [0, 0.1) is 6.92 Å². The zero-order valence-electron chi connectivity index (χ0n) is 19.4. The molecule has 0 saturated carbocycles. The fraction of sp³-hybridized carbons (Fsp3) is 0.192. The van der Waals surface area contributed by atoms with E-state index in [4.69, 9.17) is 25.8 Å². The molecule has 1 aliphatic heterocycles. The van der Waals surface area contributed by atoms with Crippen molar-refractivity contribution < 1.29 is 23.8 Å². The number of rotatable bonds is 7. The zero-order valence-corrected chi connectivity index (χ0v) is 20.2. The van der Waals surface area contributed by atoms with Gasteiger partial charge in [-0.2, -0.15) is 5.10 Å². The lowest BCUT2D eigenvalue weighted by molar-refractivity contribution is -0.122. The Bertz CT molecular complexity index is 1310. The van der Waals surface area contributed by atoms with E-state index in [0.29, 0.717) is 39.2 Å². The van der Waals surface area contributed by atoms with Crippen molar-refractivity contribution in [2.45, 2.75) is 26.9 Å². The van der Waals surface area contributed by atoms with E-state index in [9.17, 15) is 9.59 Å². The van der Waals surface area contributed by atoms with Crippen LogP contribution in [0.4, 0.5) is 5.69 Å². The van der Waals surface area contributed by atoms with Gasteiger partial charge in [-0.1, -0.05) is 29.8 Å². The van der Waals surface area contributed by atoms with E-state index < -0.39 is 6.10 Å². The molecule has 0 aliphatic carbocycles. The van der Waals surface area contributed by atoms with Gasteiger partial charge >= 0.3 is 0 Å². The largest absolute Gasteiger partial charge is 0.479 e. The molecule has 0 fully saturated rings. The van der Waals surface area contributed by atoms with E-state index in [1.807, 2.05) is 19.1 Å². The fourth-order valence-corrected chi connectivity index (χ4v) is 3.59. The number of carbonyl (C=O) groups is 2. The van der Waals surface area contributed by atoms with Crippen molar-refractivity contribution in [3.63, 3.8) is 0 Å². The average molecular weight is 494 g/mol. The molecule has 1 unspecified atom stereocenters. The Kier molecular flexibility index (Phi) is 7.22. The number of hydrogen-bond acceptors (Lipinski definition) is 6. The topological polar surface area (TPSA) is 98.3 Å². The number of nitrogens with one attached hydrogen (secondary N) is 2. The van der Waals surface area contributed by atoms with Gasteiger partial charge in [-0.3, -0.25) is 9.59 Å². The molecular weight excluding hydrogens is 470 g/mol. The molecule has 0 spiro atoms. The predicted molar refractivity (Wildman–Crippen MR) is 134 cm³/mol. The van der Waals surface area contributed by atoms with Gasteiger partial charge in [-0.25, -0.2) is 5.43 Å². The number of benzene rings is 3. The van der Waals surface area contributed by atoms with Crippen LogP contribution < -0.4 is 25.0 Å². The lowest BCUT2D eigenvalue weighted by Crippen LogP contribution is -2.30. The van der Waals surface area contributed by atoms with E-state index in [2.05, 4.69) is 15.8 Å². The molecule has 1 atom stereocenters. The third-order valence-corrected chi connectivity index (χ3v) is 5.56. The highest BCUT2D eigenvalue weighted by molar-refractivity contribution is 6.32.